The molecule has 2 aromatic rings. The third-order valence-corrected chi connectivity index (χ3v) is 3.63. The van der Waals surface area contributed by atoms with Crippen molar-refractivity contribution in [2.45, 2.75) is 32.6 Å². The Morgan fingerprint density at radius 2 is 2.00 bits per heavy atom. The summed E-state index contributed by atoms with van der Waals surface area (Å²) in [7, 11) is 0. The summed E-state index contributed by atoms with van der Waals surface area (Å²) in [6, 6.07) is 10.3. The van der Waals surface area contributed by atoms with Crippen molar-refractivity contribution in [2.24, 2.45) is 0 Å². The first-order valence-electron chi connectivity index (χ1n) is 7.26. The highest BCUT2D eigenvalue weighted by Gasteiger charge is 2.06. The van der Waals surface area contributed by atoms with Gasteiger partial charge in [-0.25, -0.2) is 0 Å². The van der Waals surface area contributed by atoms with E-state index in [-0.39, 0.29) is 0 Å². The standard InChI is InChI=1S/C17H23NO2S/c1-4-9-19-17-10-13(2)5-8-16(17)18-11-14-6-7-15(20-14)12-21-3/h5-8,10,18H,4,9,11-12H2,1-3H3. The molecule has 1 aromatic heterocycles. The van der Waals surface area contributed by atoms with E-state index < -0.39 is 0 Å². The predicted octanol–water partition coefficient (Wildman–Crippen LogP) is 4.85. The van der Waals surface area contributed by atoms with Crippen molar-refractivity contribution in [2.75, 3.05) is 18.2 Å². The molecule has 0 saturated carbocycles. The van der Waals surface area contributed by atoms with Gasteiger partial charge in [0.15, 0.2) is 0 Å². The van der Waals surface area contributed by atoms with E-state index in [1.807, 2.05) is 12.1 Å². The van der Waals surface area contributed by atoms with Gasteiger partial charge >= 0.3 is 0 Å². The van der Waals surface area contributed by atoms with E-state index in [4.69, 9.17) is 9.15 Å². The molecule has 0 atom stereocenters. The quantitative estimate of drug-likeness (QED) is 0.756. The largest absolute Gasteiger partial charge is 0.491 e. The maximum absolute atomic E-state index is 5.80. The topological polar surface area (TPSA) is 34.4 Å². The molecule has 1 heterocycles. The molecule has 0 aliphatic carbocycles. The molecule has 0 fully saturated rings. The van der Waals surface area contributed by atoms with Crippen LogP contribution in [0.25, 0.3) is 0 Å². The maximum atomic E-state index is 5.80. The minimum atomic E-state index is 0.667. The minimum Gasteiger partial charge on any atom is -0.491 e. The van der Waals surface area contributed by atoms with Crippen molar-refractivity contribution < 1.29 is 9.15 Å². The highest BCUT2D eigenvalue weighted by Crippen LogP contribution is 2.26. The van der Waals surface area contributed by atoms with Crippen molar-refractivity contribution in [1.82, 2.24) is 0 Å². The molecule has 2 rings (SSSR count). The van der Waals surface area contributed by atoms with Crippen LogP contribution >= 0.6 is 11.8 Å². The van der Waals surface area contributed by atoms with Gasteiger partial charge in [0.1, 0.15) is 17.3 Å². The Labute approximate surface area is 131 Å². The molecule has 3 nitrogen and oxygen atoms in total. The van der Waals surface area contributed by atoms with E-state index in [0.717, 1.165) is 41.7 Å². The van der Waals surface area contributed by atoms with Crippen LogP contribution in [0.1, 0.15) is 30.4 Å². The third kappa shape index (κ3) is 4.74. The second kappa shape index (κ2) is 8.03. The average molecular weight is 305 g/mol. The van der Waals surface area contributed by atoms with Gasteiger partial charge in [0, 0.05) is 0 Å². The second-order valence-corrected chi connectivity index (χ2v) is 5.87. The summed E-state index contributed by atoms with van der Waals surface area (Å²) >= 11 is 1.76. The number of benzene rings is 1. The molecule has 4 heteroatoms. The maximum Gasteiger partial charge on any atom is 0.142 e. The fourth-order valence-corrected chi connectivity index (χ4v) is 2.47. The molecule has 0 unspecified atom stereocenters. The van der Waals surface area contributed by atoms with Crippen LogP contribution in [-0.2, 0) is 12.3 Å². The van der Waals surface area contributed by atoms with Crippen molar-refractivity contribution in [3.8, 4) is 5.75 Å². The molecule has 0 saturated heterocycles. The molecular weight excluding hydrogens is 282 g/mol. The van der Waals surface area contributed by atoms with E-state index in [1.165, 1.54) is 5.56 Å². The van der Waals surface area contributed by atoms with Gasteiger partial charge in [0.25, 0.3) is 0 Å². The Hall–Kier alpha value is -1.55. The lowest BCUT2D eigenvalue weighted by Crippen LogP contribution is -2.03. The zero-order valence-corrected chi connectivity index (χ0v) is 13.8. The molecule has 0 aliphatic rings. The van der Waals surface area contributed by atoms with Crippen LogP contribution in [0.2, 0.25) is 0 Å². The smallest absolute Gasteiger partial charge is 0.142 e. The number of hydrogen-bond acceptors (Lipinski definition) is 4. The molecule has 1 N–H and O–H groups in total. The van der Waals surface area contributed by atoms with E-state index in [1.54, 1.807) is 11.8 Å². The lowest BCUT2D eigenvalue weighted by Gasteiger charge is -2.13. The van der Waals surface area contributed by atoms with Gasteiger partial charge in [-0.2, -0.15) is 11.8 Å². The van der Waals surface area contributed by atoms with Crippen LogP contribution in [0.5, 0.6) is 5.75 Å². The third-order valence-electron chi connectivity index (χ3n) is 3.06. The number of hydrogen-bond donors (Lipinski definition) is 1. The molecule has 0 spiro atoms. The molecule has 0 amide bonds. The van der Waals surface area contributed by atoms with E-state index in [9.17, 15) is 0 Å². The fourth-order valence-electron chi connectivity index (χ4n) is 2.03. The highest BCUT2D eigenvalue weighted by atomic mass is 32.2. The van der Waals surface area contributed by atoms with Gasteiger partial charge in [-0.1, -0.05) is 13.0 Å². The second-order valence-electron chi connectivity index (χ2n) is 5.00. The number of aryl methyl sites for hydroxylation is 1. The molecule has 114 valence electrons. The first-order valence-corrected chi connectivity index (χ1v) is 8.66. The van der Waals surface area contributed by atoms with Crippen molar-refractivity contribution in [3.05, 3.63) is 47.4 Å². The molecule has 1 aromatic carbocycles. The zero-order chi connectivity index (χ0) is 15.1. The van der Waals surface area contributed by atoms with Crippen LogP contribution in [0, 0.1) is 6.92 Å². The number of ether oxygens (including phenoxy) is 1. The van der Waals surface area contributed by atoms with Crippen molar-refractivity contribution in [3.63, 3.8) is 0 Å². The van der Waals surface area contributed by atoms with E-state index in [0.29, 0.717) is 6.54 Å². The Balaban J connectivity index is 2.00. The summed E-state index contributed by atoms with van der Waals surface area (Å²) in [5.74, 6) is 3.79. The van der Waals surface area contributed by atoms with Crippen molar-refractivity contribution in [1.29, 1.82) is 0 Å². The molecule has 21 heavy (non-hydrogen) atoms. The summed E-state index contributed by atoms with van der Waals surface area (Å²) in [6.45, 7) is 5.58. The number of rotatable bonds is 8. The first-order chi connectivity index (χ1) is 10.2. The minimum absolute atomic E-state index is 0.667. The molecule has 0 radical (unpaired) electrons. The first kappa shape index (κ1) is 15.8. The monoisotopic (exact) mass is 305 g/mol. The summed E-state index contributed by atoms with van der Waals surface area (Å²) in [5, 5.41) is 3.40. The lowest BCUT2D eigenvalue weighted by molar-refractivity contribution is 0.318. The van der Waals surface area contributed by atoms with Gasteiger partial charge in [-0.15, -0.1) is 0 Å². The van der Waals surface area contributed by atoms with Crippen LogP contribution < -0.4 is 10.1 Å². The van der Waals surface area contributed by atoms with Gasteiger partial charge in [-0.05, 0) is 49.4 Å². The Bertz CT molecular complexity index is 566. The van der Waals surface area contributed by atoms with Gasteiger partial charge in [-0.3, -0.25) is 0 Å². The zero-order valence-electron chi connectivity index (χ0n) is 12.9. The van der Waals surface area contributed by atoms with Crippen LogP contribution in [0.15, 0.2) is 34.7 Å². The molecule has 0 bridgehead atoms. The van der Waals surface area contributed by atoms with Gasteiger partial charge in [0.05, 0.1) is 24.6 Å². The lowest BCUT2D eigenvalue weighted by atomic mass is 10.2. The highest BCUT2D eigenvalue weighted by molar-refractivity contribution is 7.97. The van der Waals surface area contributed by atoms with Gasteiger partial charge < -0.3 is 14.5 Å². The Kier molecular flexibility index (Phi) is 6.05. The Morgan fingerprint density at radius 1 is 1.19 bits per heavy atom. The Morgan fingerprint density at radius 3 is 2.76 bits per heavy atom. The normalized spacial score (nSPS) is 10.6. The van der Waals surface area contributed by atoms with E-state index >= 15 is 0 Å². The van der Waals surface area contributed by atoms with Crippen LogP contribution in [0.4, 0.5) is 5.69 Å². The number of furan rings is 1. The fraction of sp³-hybridized carbons (Fsp3) is 0.412. The van der Waals surface area contributed by atoms with E-state index in [2.05, 4.69) is 43.6 Å². The number of thioether (sulfide) groups is 1. The molecule has 0 aliphatic heterocycles. The number of anilines is 1. The predicted molar refractivity (Wildman–Crippen MR) is 90.2 cm³/mol. The van der Waals surface area contributed by atoms with Crippen LogP contribution in [0.3, 0.4) is 0 Å². The van der Waals surface area contributed by atoms with Gasteiger partial charge in [0.2, 0.25) is 0 Å². The SMILES string of the molecule is CCCOc1cc(C)ccc1NCc1ccc(CSC)o1. The summed E-state index contributed by atoms with van der Waals surface area (Å²) in [4.78, 5) is 0. The summed E-state index contributed by atoms with van der Waals surface area (Å²) in [6.07, 6.45) is 3.08. The summed E-state index contributed by atoms with van der Waals surface area (Å²) in [5.41, 5.74) is 2.21. The average Bonchev–Trinajstić information content (AvgIpc) is 2.92. The van der Waals surface area contributed by atoms with Crippen molar-refractivity contribution >= 4 is 17.4 Å². The summed E-state index contributed by atoms with van der Waals surface area (Å²) < 4.78 is 11.6. The number of nitrogens with one attached hydrogen (secondary N) is 1. The van der Waals surface area contributed by atoms with Crippen LogP contribution in [-0.4, -0.2) is 12.9 Å². The molecular formula is C17H23NO2S.